The zero-order valence-electron chi connectivity index (χ0n) is 9.26. The van der Waals surface area contributed by atoms with Crippen molar-refractivity contribution in [3.05, 3.63) is 30.1 Å². The first-order chi connectivity index (χ1) is 6.68. The lowest BCUT2D eigenvalue weighted by Crippen LogP contribution is -2.48. The molecule has 0 bridgehead atoms. The van der Waals surface area contributed by atoms with Crippen molar-refractivity contribution >= 4 is 5.69 Å². The Labute approximate surface area is 85.8 Å². The van der Waals surface area contributed by atoms with E-state index < -0.39 is 0 Å². The minimum absolute atomic E-state index is 0.139. The summed E-state index contributed by atoms with van der Waals surface area (Å²) in [6.45, 7) is 9.48. The molecule has 0 N–H and O–H groups in total. The summed E-state index contributed by atoms with van der Waals surface area (Å²) >= 11 is 0. The highest BCUT2D eigenvalue weighted by Gasteiger charge is 2.24. The molecule has 1 nitrogen and oxygen atoms in total. The predicted octanol–water partition coefficient (Wildman–Crippen LogP) is 3.19. The third-order valence-corrected chi connectivity index (χ3v) is 3.17. The molecule has 78 valence electrons. The lowest BCUT2D eigenvalue weighted by Gasteiger charge is -2.35. The van der Waals surface area contributed by atoms with E-state index in [-0.39, 0.29) is 5.82 Å². The molecule has 2 heteroatoms. The van der Waals surface area contributed by atoms with Gasteiger partial charge in [-0.2, -0.15) is 0 Å². The van der Waals surface area contributed by atoms with Crippen LogP contribution >= 0.6 is 0 Å². The molecule has 14 heavy (non-hydrogen) atoms. The highest BCUT2D eigenvalue weighted by atomic mass is 19.1. The SMILES string of the molecule is CC[N+](CC)(CC)c1cccc(F)c1. The van der Waals surface area contributed by atoms with Gasteiger partial charge >= 0.3 is 0 Å². The number of benzene rings is 1. The van der Waals surface area contributed by atoms with E-state index >= 15 is 0 Å². The van der Waals surface area contributed by atoms with E-state index in [0.29, 0.717) is 0 Å². The Morgan fingerprint density at radius 1 is 1.07 bits per heavy atom. The molecule has 0 fully saturated rings. The van der Waals surface area contributed by atoms with Crippen molar-refractivity contribution in [3.63, 3.8) is 0 Å². The van der Waals surface area contributed by atoms with Gasteiger partial charge < -0.3 is 0 Å². The maximum atomic E-state index is 13.1. The Hall–Kier alpha value is -0.890. The number of hydrogen-bond acceptors (Lipinski definition) is 0. The molecule has 0 saturated heterocycles. The lowest BCUT2D eigenvalue weighted by atomic mass is 10.2. The fourth-order valence-electron chi connectivity index (χ4n) is 1.99. The van der Waals surface area contributed by atoms with Gasteiger partial charge in [0.15, 0.2) is 0 Å². The molecule has 0 aromatic heterocycles. The highest BCUT2D eigenvalue weighted by Crippen LogP contribution is 2.23. The summed E-state index contributed by atoms with van der Waals surface area (Å²) < 4.78 is 14.0. The summed E-state index contributed by atoms with van der Waals surface area (Å²) in [5.41, 5.74) is 1.08. The van der Waals surface area contributed by atoms with E-state index in [0.717, 1.165) is 29.8 Å². The first kappa shape index (κ1) is 11.2. The molecule has 0 amide bonds. The summed E-state index contributed by atoms with van der Waals surface area (Å²) in [5.74, 6) is -0.139. The first-order valence-electron chi connectivity index (χ1n) is 5.30. The molecule has 0 atom stereocenters. The standard InChI is InChI=1S/C12H19FN/c1-4-14(5-2,6-3)12-9-7-8-11(13)10-12/h7-10H,4-6H2,1-3H3/q+1. The van der Waals surface area contributed by atoms with Crippen LogP contribution in [0, 0.1) is 5.82 Å². The maximum Gasteiger partial charge on any atom is 0.135 e. The smallest absolute Gasteiger partial charge is 0.135 e. The minimum Gasteiger partial charge on any atom is -0.292 e. The number of rotatable bonds is 4. The Balaban J connectivity index is 3.10. The second-order valence-corrected chi connectivity index (χ2v) is 3.57. The Kier molecular flexibility index (Phi) is 3.64. The van der Waals surface area contributed by atoms with Gasteiger partial charge in [-0.15, -0.1) is 0 Å². The van der Waals surface area contributed by atoms with E-state index in [9.17, 15) is 4.39 Å². The van der Waals surface area contributed by atoms with Crippen molar-refractivity contribution in [1.29, 1.82) is 0 Å². The summed E-state index contributed by atoms with van der Waals surface area (Å²) in [4.78, 5) is 0. The molecular formula is C12H19FN+. The average Bonchev–Trinajstić information content (AvgIpc) is 2.22. The Bertz CT molecular complexity index is 284. The van der Waals surface area contributed by atoms with Crippen LogP contribution in [-0.4, -0.2) is 19.6 Å². The van der Waals surface area contributed by atoms with Crippen LogP contribution < -0.4 is 4.48 Å². The Morgan fingerprint density at radius 2 is 1.64 bits per heavy atom. The van der Waals surface area contributed by atoms with Crippen molar-refractivity contribution in [1.82, 2.24) is 4.48 Å². The quantitative estimate of drug-likeness (QED) is 0.649. The molecule has 0 radical (unpaired) electrons. The normalized spacial score (nSPS) is 11.7. The fourth-order valence-corrected chi connectivity index (χ4v) is 1.99. The number of quaternary nitrogens is 1. The van der Waals surface area contributed by atoms with Gasteiger partial charge in [-0.3, -0.25) is 4.48 Å². The molecule has 0 aliphatic rings. The van der Waals surface area contributed by atoms with Crippen molar-refractivity contribution < 1.29 is 4.39 Å². The monoisotopic (exact) mass is 196 g/mol. The summed E-state index contributed by atoms with van der Waals surface area (Å²) in [5, 5.41) is 0. The van der Waals surface area contributed by atoms with E-state index in [4.69, 9.17) is 0 Å². The van der Waals surface area contributed by atoms with Crippen LogP contribution in [0.1, 0.15) is 20.8 Å². The largest absolute Gasteiger partial charge is 0.292 e. The van der Waals surface area contributed by atoms with Crippen LogP contribution in [-0.2, 0) is 0 Å². The molecule has 0 heterocycles. The van der Waals surface area contributed by atoms with Gasteiger partial charge in [-0.05, 0) is 32.9 Å². The molecular weight excluding hydrogens is 177 g/mol. The Morgan fingerprint density at radius 3 is 2.07 bits per heavy atom. The van der Waals surface area contributed by atoms with E-state index in [1.165, 1.54) is 6.07 Å². The van der Waals surface area contributed by atoms with Gasteiger partial charge in [0.2, 0.25) is 0 Å². The van der Waals surface area contributed by atoms with Crippen molar-refractivity contribution in [2.45, 2.75) is 20.8 Å². The van der Waals surface area contributed by atoms with Gasteiger partial charge in [0.05, 0.1) is 19.6 Å². The average molecular weight is 196 g/mol. The van der Waals surface area contributed by atoms with Gasteiger partial charge in [-0.1, -0.05) is 6.07 Å². The summed E-state index contributed by atoms with van der Waals surface area (Å²) in [6, 6.07) is 6.95. The second kappa shape index (κ2) is 4.56. The number of nitrogens with zero attached hydrogens (tertiary/aromatic N) is 1. The van der Waals surface area contributed by atoms with E-state index in [1.807, 2.05) is 6.07 Å². The molecule has 0 aliphatic heterocycles. The lowest BCUT2D eigenvalue weighted by molar-refractivity contribution is 0.315. The van der Waals surface area contributed by atoms with Gasteiger partial charge in [0, 0.05) is 6.07 Å². The van der Waals surface area contributed by atoms with Gasteiger partial charge in [0.25, 0.3) is 0 Å². The molecule has 1 aromatic carbocycles. The van der Waals surface area contributed by atoms with Crippen LogP contribution in [0.4, 0.5) is 10.1 Å². The van der Waals surface area contributed by atoms with Crippen LogP contribution in [0.15, 0.2) is 24.3 Å². The van der Waals surface area contributed by atoms with Crippen molar-refractivity contribution in [2.24, 2.45) is 0 Å². The third kappa shape index (κ3) is 1.95. The van der Waals surface area contributed by atoms with Crippen LogP contribution in [0.25, 0.3) is 0 Å². The molecule has 1 aromatic rings. The van der Waals surface area contributed by atoms with Crippen molar-refractivity contribution in [2.75, 3.05) is 19.6 Å². The second-order valence-electron chi connectivity index (χ2n) is 3.57. The zero-order valence-corrected chi connectivity index (χ0v) is 9.26. The molecule has 0 spiro atoms. The third-order valence-electron chi connectivity index (χ3n) is 3.17. The topological polar surface area (TPSA) is 0 Å². The van der Waals surface area contributed by atoms with Crippen LogP contribution in [0.2, 0.25) is 0 Å². The predicted molar refractivity (Wildman–Crippen MR) is 59.8 cm³/mol. The molecule has 0 unspecified atom stereocenters. The zero-order chi connectivity index (χ0) is 10.6. The molecule has 1 rings (SSSR count). The fraction of sp³-hybridized carbons (Fsp3) is 0.500. The molecule has 0 saturated carbocycles. The van der Waals surface area contributed by atoms with Gasteiger partial charge in [-0.25, -0.2) is 4.39 Å². The minimum atomic E-state index is -0.139. The summed E-state index contributed by atoms with van der Waals surface area (Å²) in [7, 11) is 0. The van der Waals surface area contributed by atoms with Crippen LogP contribution in [0.3, 0.4) is 0 Å². The van der Waals surface area contributed by atoms with Crippen molar-refractivity contribution in [3.8, 4) is 0 Å². The summed E-state index contributed by atoms with van der Waals surface area (Å²) in [6.07, 6.45) is 0. The van der Waals surface area contributed by atoms with Crippen LogP contribution in [0.5, 0.6) is 0 Å². The number of halogens is 1. The number of hydrogen-bond donors (Lipinski definition) is 0. The van der Waals surface area contributed by atoms with E-state index in [2.05, 4.69) is 20.8 Å². The maximum absolute atomic E-state index is 13.1. The molecule has 0 aliphatic carbocycles. The first-order valence-corrected chi connectivity index (χ1v) is 5.30. The van der Waals surface area contributed by atoms with E-state index in [1.54, 1.807) is 12.1 Å². The highest BCUT2D eigenvalue weighted by molar-refractivity contribution is 5.42. The van der Waals surface area contributed by atoms with Gasteiger partial charge in [0.1, 0.15) is 11.5 Å².